The third-order valence-corrected chi connectivity index (χ3v) is 4.63. The number of nitrogens with zero attached hydrogens (tertiary/aromatic N) is 2. The van der Waals surface area contributed by atoms with Crippen LogP contribution in [-0.4, -0.2) is 62.0 Å². The Morgan fingerprint density at radius 3 is 2.31 bits per heavy atom. The van der Waals surface area contributed by atoms with Crippen LogP contribution in [0.5, 0.6) is 11.5 Å². The van der Waals surface area contributed by atoms with Crippen molar-refractivity contribution in [3.63, 3.8) is 0 Å². The Hall–Kier alpha value is -2.37. The van der Waals surface area contributed by atoms with Crippen LogP contribution in [0.2, 0.25) is 0 Å². The van der Waals surface area contributed by atoms with Crippen molar-refractivity contribution in [3.8, 4) is 11.5 Å². The highest BCUT2D eigenvalue weighted by Gasteiger charge is 2.13. The Balaban J connectivity index is 1.39. The van der Waals surface area contributed by atoms with Gasteiger partial charge in [0.1, 0.15) is 11.5 Å². The standard InChI is InChI=1S/C21H27N3O2/c1-23-14-16-24(17-15-23)13-5-12-22-21(25)18-8-10-20(11-9-18)26-19-6-3-2-4-7-19/h2-4,6-11H,5,12-17H2,1H3,(H,22,25). The molecule has 2 aromatic carbocycles. The number of rotatable bonds is 7. The van der Waals surface area contributed by atoms with E-state index in [0.29, 0.717) is 12.1 Å². The number of carbonyl (C=O) groups excluding carboxylic acids is 1. The first-order valence-electron chi connectivity index (χ1n) is 9.23. The maximum atomic E-state index is 12.2. The second-order valence-electron chi connectivity index (χ2n) is 6.69. The van der Waals surface area contributed by atoms with Crippen molar-refractivity contribution >= 4 is 5.91 Å². The lowest BCUT2D eigenvalue weighted by molar-refractivity contribution is 0.0949. The predicted molar refractivity (Wildman–Crippen MR) is 104 cm³/mol. The smallest absolute Gasteiger partial charge is 0.251 e. The lowest BCUT2D eigenvalue weighted by Gasteiger charge is -2.32. The Morgan fingerprint density at radius 2 is 1.62 bits per heavy atom. The van der Waals surface area contributed by atoms with E-state index < -0.39 is 0 Å². The van der Waals surface area contributed by atoms with E-state index in [2.05, 4.69) is 22.2 Å². The molecule has 0 spiro atoms. The summed E-state index contributed by atoms with van der Waals surface area (Å²) in [7, 11) is 2.16. The Bertz CT molecular complexity index is 680. The number of nitrogens with one attached hydrogen (secondary N) is 1. The topological polar surface area (TPSA) is 44.8 Å². The van der Waals surface area contributed by atoms with Gasteiger partial charge in [0.05, 0.1) is 0 Å². The van der Waals surface area contributed by atoms with E-state index in [1.54, 1.807) is 12.1 Å². The number of para-hydroxylation sites is 1. The zero-order valence-corrected chi connectivity index (χ0v) is 15.4. The normalized spacial score (nSPS) is 15.6. The van der Waals surface area contributed by atoms with Gasteiger partial charge in [-0.15, -0.1) is 0 Å². The summed E-state index contributed by atoms with van der Waals surface area (Å²) in [5.74, 6) is 1.48. The minimum Gasteiger partial charge on any atom is -0.457 e. The van der Waals surface area contributed by atoms with Gasteiger partial charge in [-0.3, -0.25) is 4.79 Å². The summed E-state index contributed by atoms with van der Waals surface area (Å²) >= 11 is 0. The molecule has 26 heavy (non-hydrogen) atoms. The first-order valence-corrected chi connectivity index (χ1v) is 9.23. The van der Waals surface area contributed by atoms with Crippen LogP contribution in [0.4, 0.5) is 0 Å². The lowest BCUT2D eigenvalue weighted by atomic mass is 10.2. The zero-order valence-electron chi connectivity index (χ0n) is 15.4. The van der Waals surface area contributed by atoms with Crippen LogP contribution in [-0.2, 0) is 0 Å². The molecule has 1 amide bonds. The molecule has 0 unspecified atom stereocenters. The van der Waals surface area contributed by atoms with Crippen molar-refractivity contribution in [1.29, 1.82) is 0 Å². The van der Waals surface area contributed by atoms with E-state index in [-0.39, 0.29) is 5.91 Å². The largest absolute Gasteiger partial charge is 0.457 e. The molecule has 2 aromatic rings. The number of benzene rings is 2. The summed E-state index contributed by atoms with van der Waals surface area (Å²) in [4.78, 5) is 17.0. The molecule has 1 heterocycles. The average Bonchev–Trinajstić information content (AvgIpc) is 2.68. The van der Waals surface area contributed by atoms with Gasteiger partial charge < -0.3 is 19.9 Å². The second-order valence-corrected chi connectivity index (χ2v) is 6.69. The van der Waals surface area contributed by atoms with E-state index in [9.17, 15) is 4.79 Å². The molecule has 1 N–H and O–H groups in total. The summed E-state index contributed by atoms with van der Waals surface area (Å²) in [6, 6.07) is 16.9. The molecule has 1 aliphatic heterocycles. The number of piperazine rings is 1. The van der Waals surface area contributed by atoms with Crippen molar-refractivity contribution in [2.45, 2.75) is 6.42 Å². The minimum absolute atomic E-state index is 0.0327. The van der Waals surface area contributed by atoms with Crippen LogP contribution in [0.1, 0.15) is 16.8 Å². The lowest BCUT2D eigenvalue weighted by Crippen LogP contribution is -2.45. The predicted octanol–water partition coefficient (Wildman–Crippen LogP) is 2.85. The molecule has 0 atom stereocenters. The Kier molecular flexibility index (Phi) is 6.63. The molecule has 1 aliphatic rings. The quantitative estimate of drug-likeness (QED) is 0.778. The molecule has 5 nitrogen and oxygen atoms in total. The fraction of sp³-hybridized carbons (Fsp3) is 0.381. The van der Waals surface area contributed by atoms with E-state index in [4.69, 9.17) is 4.74 Å². The fourth-order valence-corrected chi connectivity index (χ4v) is 2.98. The fourth-order valence-electron chi connectivity index (χ4n) is 2.98. The summed E-state index contributed by atoms with van der Waals surface area (Å²) < 4.78 is 5.75. The van der Waals surface area contributed by atoms with Crippen LogP contribution < -0.4 is 10.1 Å². The van der Waals surface area contributed by atoms with Crippen molar-refractivity contribution in [1.82, 2.24) is 15.1 Å². The van der Waals surface area contributed by atoms with Crippen LogP contribution >= 0.6 is 0 Å². The molecule has 3 rings (SSSR count). The molecule has 1 saturated heterocycles. The van der Waals surface area contributed by atoms with Crippen LogP contribution in [0.3, 0.4) is 0 Å². The third-order valence-electron chi connectivity index (χ3n) is 4.63. The highest BCUT2D eigenvalue weighted by molar-refractivity contribution is 5.94. The van der Waals surface area contributed by atoms with Crippen LogP contribution in [0.25, 0.3) is 0 Å². The monoisotopic (exact) mass is 353 g/mol. The molecule has 0 saturated carbocycles. The van der Waals surface area contributed by atoms with Crippen LogP contribution in [0.15, 0.2) is 54.6 Å². The molecular formula is C21H27N3O2. The SMILES string of the molecule is CN1CCN(CCCNC(=O)c2ccc(Oc3ccccc3)cc2)CC1. The van der Waals surface area contributed by atoms with Gasteiger partial charge in [-0.2, -0.15) is 0 Å². The van der Waals surface area contributed by atoms with E-state index in [1.807, 2.05) is 42.5 Å². The summed E-state index contributed by atoms with van der Waals surface area (Å²) in [5.41, 5.74) is 0.657. The number of likely N-dealkylation sites (N-methyl/N-ethyl adjacent to an activating group) is 1. The zero-order chi connectivity index (χ0) is 18.2. The van der Waals surface area contributed by atoms with Crippen molar-refractivity contribution in [2.75, 3.05) is 46.3 Å². The molecule has 1 fully saturated rings. The summed E-state index contributed by atoms with van der Waals surface area (Å²) in [6.45, 7) is 6.24. The maximum absolute atomic E-state index is 12.2. The number of amides is 1. The van der Waals surface area contributed by atoms with Gasteiger partial charge in [0.25, 0.3) is 5.91 Å². The van der Waals surface area contributed by atoms with Gasteiger partial charge in [-0.05, 0) is 56.4 Å². The molecule has 0 radical (unpaired) electrons. The minimum atomic E-state index is -0.0327. The first-order chi connectivity index (χ1) is 12.7. The number of carbonyl (C=O) groups is 1. The van der Waals surface area contributed by atoms with E-state index in [0.717, 1.165) is 50.6 Å². The second kappa shape index (κ2) is 9.36. The Labute approximate surface area is 155 Å². The van der Waals surface area contributed by atoms with E-state index in [1.165, 1.54) is 0 Å². The van der Waals surface area contributed by atoms with Gasteiger partial charge >= 0.3 is 0 Å². The molecule has 138 valence electrons. The van der Waals surface area contributed by atoms with Gasteiger partial charge in [0.15, 0.2) is 0 Å². The molecular weight excluding hydrogens is 326 g/mol. The van der Waals surface area contributed by atoms with Crippen LogP contribution in [0, 0.1) is 0 Å². The summed E-state index contributed by atoms with van der Waals surface area (Å²) in [5, 5.41) is 3.00. The van der Waals surface area contributed by atoms with Crippen molar-refractivity contribution in [2.24, 2.45) is 0 Å². The molecule has 0 bridgehead atoms. The number of ether oxygens (including phenoxy) is 1. The third kappa shape index (κ3) is 5.58. The number of hydrogen-bond acceptors (Lipinski definition) is 4. The maximum Gasteiger partial charge on any atom is 0.251 e. The van der Waals surface area contributed by atoms with E-state index >= 15 is 0 Å². The summed E-state index contributed by atoms with van der Waals surface area (Å²) in [6.07, 6.45) is 0.977. The van der Waals surface area contributed by atoms with Gasteiger partial charge in [-0.1, -0.05) is 18.2 Å². The highest BCUT2D eigenvalue weighted by atomic mass is 16.5. The van der Waals surface area contributed by atoms with Crippen molar-refractivity contribution in [3.05, 3.63) is 60.2 Å². The number of hydrogen-bond donors (Lipinski definition) is 1. The highest BCUT2D eigenvalue weighted by Crippen LogP contribution is 2.21. The molecule has 0 aliphatic carbocycles. The van der Waals surface area contributed by atoms with Gasteiger partial charge in [0, 0.05) is 38.3 Å². The first kappa shape index (κ1) is 18.4. The van der Waals surface area contributed by atoms with Crippen molar-refractivity contribution < 1.29 is 9.53 Å². The van der Waals surface area contributed by atoms with Gasteiger partial charge in [-0.25, -0.2) is 0 Å². The Morgan fingerprint density at radius 1 is 0.962 bits per heavy atom. The van der Waals surface area contributed by atoms with Gasteiger partial charge in [0.2, 0.25) is 0 Å². The average molecular weight is 353 g/mol. The molecule has 0 aromatic heterocycles. The molecule has 5 heteroatoms.